The smallest absolute Gasteiger partial charge is 0.252 e. The van der Waals surface area contributed by atoms with Crippen LogP contribution in [-0.2, 0) is 0 Å². The molecule has 23 heavy (non-hydrogen) atoms. The number of nitrogens with one attached hydrogen (secondary N) is 1. The number of carbonyl (C=O) groups excluding carboxylic acids is 1. The average Bonchev–Trinajstić information content (AvgIpc) is 2.84. The molecule has 0 saturated carbocycles. The Bertz CT molecular complexity index is 480. The largest absolute Gasteiger partial charge is 0.393 e. The normalized spacial score (nSPS) is 17.0. The topological polar surface area (TPSA) is 65.5 Å². The molecule has 1 aliphatic rings. The van der Waals surface area contributed by atoms with Gasteiger partial charge >= 0.3 is 0 Å². The lowest BCUT2D eigenvalue weighted by Crippen LogP contribution is -2.29. The maximum Gasteiger partial charge on any atom is 0.252 e. The first-order chi connectivity index (χ1) is 11.1. The number of hydrogen-bond donors (Lipinski definition) is 2. The van der Waals surface area contributed by atoms with Crippen molar-refractivity contribution in [3.05, 3.63) is 23.9 Å². The fourth-order valence-electron chi connectivity index (χ4n) is 2.78. The maximum atomic E-state index is 12.1. The van der Waals surface area contributed by atoms with Gasteiger partial charge in [-0.3, -0.25) is 4.79 Å². The van der Waals surface area contributed by atoms with Crippen molar-refractivity contribution < 1.29 is 9.90 Å². The second-order valence-electron chi connectivity index (χ2n) is 6.66. The fraction of sp³-hybridized carbons (Fsp3) is 0.667. The SMILES string of the molecule is CC(C)C(O)CCNC(=O)c1ccc(N2CCCCCC2)nc1. The molecule has 1 saturated heterocycles. The molecular weight excluding hydrogens is 290 g/mol. The van der Waals surface area contributed by atoms with Gasteiger partial charge in [0, 0.05) is 25.8 Å². The Balaban J connectivity index is 1.84. The summed E-state index contributed by atoms with van der Waals surface area (Å²) in [6.07, 6.45) is 6.85. The van der Waals surface area contributed by atoms with Crippen molar-refractivity contribution in [2.45, 2.75) is 52.1 Å². The zero-order valence-electron chi connectivity index (χ0n) is 14.3. The molecule has 1 unspecified atom stereocenters. The first-order valence-corrected chi connectivity index (χ1v) is 8.75. The van der Waals surface area contributed by atoms with Crippen LogP contribution in [0.4, 0.5) is 5.82 Å². The first-order valence-electron chi connectivity index (χ1n) is 8.75. The summed E-state index contributed by atoms with van der Waals surface area (Å²) >= 11 is 0. The summed E-state index contributed by atoms with van der Waals surface area (Å²) in [7, 11) is 0. The van der Waals surface area contributed by atoms with Crippen LogP contribution < -0.4 is 10.2 Å². The number of aliphatic hydroxyl groups excluding tert-OH is 1. The quantitative estimate of drug-likeness (QED) is 0.846. The minimum absolute atomic E-state index is 0.129. The minimum Gasteiger partial charge on any atom is -0.393 e. The van der Waals surface area contributed by atoms with Crippen LogP contribution in [0, 0.1) is 5.92 Å². The van der Waals surface area contributed by atoms with Crippen molar-refractivity contribution >= 4 is 11.7 Å². The summed E-state index contributed by atoms with van der Waals surface area (Å²) in [5.74, 6) is 1.04. The number of aromatic nitrogens is 1. The predicted molar refractivity (Wildman–Crippen MR) is 92.7 cm³/mol. The van der Waals surface area contributed by atoms with Gasteiger partial charge in [0.1, 0.15) is 5.82 Å². The van der Waals surface area contributed by atoms with Gasteiger partial charge in [-0.15, -0.1) is 0 Å². The highest BCUT2D eigenvalue weighted by Gasteiger charge is 2.13. The van der Waals surface area contributed by atoms with E-state index in [9.17, 15) is 9.90 Å². The van der Waals surface area contributed by atoms with Gasteiger partial charge in [-0.25, -0.2) is 4.98 Å². The van der Waals surface area contributed by atoms with Crippen LogP contribution in [0.5, 0.6) is 0 Å². The van der Waals surface area contributed by atoms with E-state index >= 15 is 0 Å². The second-order valence-corrected chi connectivity index (χ2v) is 6.66. The number of carbonyl (C=O) groups is 1. The fourth-order valence-corrected chi connectivity index (χ4v) is 2.78. The highest BCUT2D eigenvalue weighted by Crippen LogP contribution is 2.17. The Hall–Kier alpha value is -1.62. The molecule has 1 aliphatic heterocycles. The zero-order chi connectivity index (χ0) is 16.7. The van der Waals surface area contributed by atoms with E-state index in [4.69, 9.17) is 0 Å². The van der Waals surface area contributed by atoms with Gasteiger partial charge in [-0.2, -0.15) is 0 Å². The molecule has 2 heterocycles. The van der Waals surface area contributed by atoms with E-state index in [-0.39, 0.29) is 17.9 Å². The van der Waals surface area contributed by atoms with Crippen LogP contribution >= 0.6 is 0 Å². The van der Waals surface area contributed by atoms with Crippen molar-refractivity contribution in [2.24, 2.45) is 5.92 Å². The van der Waals surface area contributed by atoms with Gasteiger partial charge in [0.2, 0.25) is 0 Å². The molecule has 0 radical (unpaired) electrons. The molecule has 1 amide bonds. The molecule has 128 valence electrons. The summed E-state index contributed by atoms with van der Waals surface area (Å²) in [6, 6.07) is 3.77. The van der Waals surface area contributed by atoms with E-state index in [0.717, 1.165) is 18.9 Å². The lowest BCUT2D eigenvalue weighted by molar-refractivity contribution is 0.0920. The summed E-state index contributed by atoms with van der Waals surface area (Å²) < 4.78 is 0. The number of anilines is 1. The number of aliphatic hydroxyl groups is 1. The van der Waals surface area contributed by atoms with Crippen LogP contribution in [0.25, 0.3) is 0 Å². The Kier molecular flexibility index (Phi) is 6.84. The van der Waals surface area contributed by atoms with Crippen molar-refractivity contribution in [2.75, 3.05) is 24.5 Å². The van der Waals surface area contributed by atoms with Crippen molar-refractivity contribution in [3.63, 3.8) is 0 Å². The van der Waals surface area contributed by atoms with E-state index in [1.807, 2.05) is 26.0 Å². The number of nitrogens with zero attached hydrogens (tertiary/aromatic N) is 2. The summed E-state index contributed by atoms with van der Waals surface area (Å²) in [4.78, 5) is 18.8. The molecule has 1 fully saturated rings. The number of pyridine rings is 1. The van der Waals surface area contributed by atoms with Crippen molar-refractivity contribution in [1.29, 1.82) is 0 Å². The van der Waals surface area contributed by atoms with E-state index in [1.54, 1.807) is 6.20 Å². The molecule has 5 heteroatoms. The lowest BCUT2D eigenvalue weighted by Gasteiger charge is -2.21. The standard InChI is InChI=1S/C18H29N3O2/c1-14(2)16(22)9-10-19-18(23)15-7-8-17(20-13-15)21-11-5-3-4-6-12-21/h7-8,13-14,16,22H,3-6,9-12H2,1-2H3,(H,19,23). The Morgan fingerprint density at radius 2 is 1.96 bits per heavy atom. The predicted octanol–water partition coefficient (Wildman–Crippen LogP) is 2.60. The lowest BCUT2D eigenvalue weighted by atomic mass is 10.0. The van der Waals surface area contributed by atoms with Crippen LogP contribution in [-0.4, -0.2) is 41.7 Å². The van der Waals surface area contributed by atoms with E-state index in [0.29, 0.717) is 18.5 Å². The summed E-state index contributed by atoms with van der Waals surface area (Å²) in [5.41, 5.74) is 0.572. The third-order valence-electron chi connectivity index (χ3n) is 4.44. The summed E-state index contributed by atoms with van der Waals surface area (Å²) in [6.45, 7) is 6.51. The number of rotatable bonds is 6. The van der Waals surface area contributed by atoms with E-state index in [1.165, 1.54) is 25.7 Å². The van der Waals surface area contributed by atoms with Crippen molar-refractivity contribution in [3.8, 4) is 0 Å². The highest BCUT2D eigenvalue weighted by atomic mass is 16.3. The van der Waals surface area contributed by atoms with Gasteiger partial charge in [-0.1, -0.05) is 26.7 Å². The van der Waals surface area contributed by atoms with Gasteiger partial charge in [-0.05, 0) is 37.3 Å². The van der Waals surface area contributed by atoms with Gasteiger partial charge < -0.3 is 15.3 Å². The monoisotopic (exact) mass is 319 g/mol. The van der Waals surface area contributed by atoms with Crippen molar-refractivity contribution in [1.82, 2.24) is 10.3 Å². The molecule has 5 nitrogen and oxygen atoms in total. The Morgan fingerprint density at radius 1 is 1.26 bits per heavy atom. The van der Waals surface area contributed by atoms with E-state index < -0.39 is 0 Å². The molecule has 1 atom stereocenters. The molecule has 0 aromatic carbocycles. The minimum atomic E-state index is -0.376. The molecule has 0 aliphatic carbocycles. The molecule has 2 rings (SSSR count). The third kappa shape index (κ3) is 5.50. The number of amides is 1. The summed E-state index contributed by atoms with van der Waals surface area (Å²) in [5, 5.41) is 12.6. The first kappa shape index (κ1) is 17.7. The highest BCUT2D eigenvalue weighted by molar-refractivity contribution is 5.94. The van der Waals surface area contributed by atoms with Crippen LogP contribution in [0.15, 0.2) is 18.3 Å². The van der Waals surface area contributed by atoms with Crippen LogP contribution in [0.1, 0.15) is 56.3 Å². The van der Waals surface area contributed by atoms with Crippen LogP contribution in [0.2, 0.25) is 0 Å². The van der Waals surface area contributed by atoms with Gasteiger partial charge in [0.05, 0.1) is 11.7 Å². The Morgan fingerprint density at radius 3 is 2.52 bits per heavy atom. The third-order valence-corrected chi connectivity index (χ3v) is 4.44. The maximum absolute atomic E-state index is 12.1. The van der Waals surface area contributed by atoms with Gasteiger partial charge in [0.25, 0.3) is 5.91 Å². The van der Waals surface area contributed by atoms with E-state index in [2.05, 4.69) is 15.2 Å². The van der Waals surface area contributed by atoms with Gasteiger partial charge in [0.15, 0.2) is 0 Å². The zero-order valence-corrected chi connectivity index (χ0v) is 14.3. The molecule has 1 aromatic heterocycles. The molecule has 0 bridgehead atoms. The molecule has 1 aromatic rings. The molecule has 2 N–H and O–H groups in total. The second kappa shape index (κ2) is 8.87. The van der Waals surface area contributed by atoms with Crippen LogP contribution in [0.3, 0.4) is 0 Å². The average molecular weight is 319 g/mol. The Labute approximate surface area is 139 Å². The molecule has 0 spiro atoms. The number of hydrogen-bond acceptors (Lipinski definition) is 4. The molecular formula is C18H29N3O2.